The Bertz CT molecular complexity index is 734. The number of carbonyl (C=O) groups is 1. The molecule has 3 rings (SSSR count). The van der Waals surface area contributed by atoms with E-state index >= 15 is 0 Å². The number of hydrogen-bond donors (Lipinski definition) is 1. The zero-order valence-electron chi connectivity index (χ0n) is 15.2. The van der Waals surface area contributed by atoms with Gasteiger partial charge in [0.25, 0.3) is 0 Å². The second-order valence-corrected chi connectivity index (χ2v) is 8.35. The molecule has 0 spiro atoms. The number of nitrogens with one attached hydrogen (secondary N) is 1. The quantitative estimate of drug-likeness (QED) is 0.760. The van der Waals surface area contributed by atoms with E-state index in [2.05, 4.69) is 74.0 Å². The van der Waals surface area contributed by atoms with E-state index in [1.165, 1.54) is 16.0 Å². The number of piperidine rings is 1. The van der Waals surface area contributed by atoms with Crippen LogP contribution in [0.1, 0.15) is 40.0 Å². The maximum Gasteiger partial charge on any atom is 0.226 e. The van der Waals surface area contributed by atoms with Crippen LogP contribution in [0.15, 0.2) is 53.4 Å². The highest BCUT2D eigenvalue weighted by Crippen LogP contribution is 2.32. The number of hydrogen-bond acceptors (Lipinski definition) is 3. The minimum atomic E-state index is 0.0518. The molecule has 2 aromatic carbocycles. The lowest BCUT2D eigenvalue weighted by Crippen LogP contribution is -2.35. The van der Waals surface area contributed by atoms with Gasteiger partial charge in [-0.25, -0.2) is 0 Å². The van der Waals surface area contributed by atoms with Gasteiger partial charge in [-0.1, -0.05) is 30.3 Å². The molecule has 1 saturated heterocycles. The molecule has 3 nitrogen and oxygen atoms in total. The fourth-order valence-electron chi connectivity index (χ4n) is 2.90. The predicted molar refractivity (Wildman–Crippen MR) is 107 cm³/mol. The molecular weight excluding hydrogens is 328 g/mol. The van der Waals surface area contributed by atoms with Crippen molar-refractivity contribution in [3.63, 3.8) is 0 Å². The lowest BCUT2D eigenvalue weighted by Gasteiger charge is -2.27. The van der Waals surface area contributed by atoms with Gasteiger partial charge in [-0.3, -0.25) is 9.52 Å². The second kappa shape index (κ2) is 7.63. The predicted octanol–water partition coefficient (Wildman–Crippen LogP) is 5.27. The Hall–Kier alpha value is -1.78. The molecule has 0 atom stereocenters. The van der Waals surface area contributed by atoms with E-state index in [0.717, 1.165) is 25.1 Å². The van der Waals surface area contributed by atoms with Crippen molar-refractivity contribution in [1.29, 1.82) is 0 Å². The van der Waals surface area contributed by atoms with Crippen molar-refractivity contribution in [3.8, 4) is 11.1 Å². The van der Waals surface area contributed by atoms with Crippen LogP contribution in [0.4, 0.5) is 5.69 Å². The highest BCUT2D eigenvalue weighted by atomic mass is 32.2. The SMILES string of the molecule is CC(C)(C)NSc1ccccc1-c1ccc(N2CCCCC2=O)cc1. The number of benzene rings is 2. The topological polar surface area (TPSA) is 32.3 Å². The van der Waals surface area contributed by atoms with Crippen LogP contribution in [0.2, 0.25) is 0 Å². The van der Waals surface area contributed by atoms with Gasteiger partial charge in [0, 0.05) is 29.1 Å². The van der Waals surface area contributed by atoms with Crippen LogP contribution < -0.4 is 9.62 Å². The van der Waals surface area contributed by atoms with Crippen molar-refractivity contribution in [2.24, 2.45) is 0 Å². The Balaban J connectivity index is 1.81. The summed E-state index contributed by atoms with van der Waals surface area (Å²) in [6, 6.07) is 16.8. The molecule has 0 radical (unpaired) electrons. The second-order valence-electron chi connectivity index (χ2n) is 7.50. The molecular formula is C21H26N2OS. The van der Waals surface area contributed by atoms with E-state index in [1.54, 1.807) is 11.9 Å². The molecule has 1 aliphatic heterocycles. The first kappa shape index (κ1) is 18.0. The van der Waals surface area contributed by atoms with Crippen molar-refractivity contribution in [1.82, 2.24) is 4.72 Å². The number of anilines is 1. The molecule has 1 aliphatic rings. The summed E-state index contributed by atoms with van der Waals surface area (Å²) >= 11 is 1.67. The minimum absolute atomic E-state index is 0.0518. The third kappa shape index (κ3) is 4.65. The summed E-state index contributed by atoms with van der Waals surface area (Å²) in [6.07, 6.45) is 2.77. The van der Waals surface area contributed by atoms with Gasteiger partial charge in [0.05, 0.1) is 0 Å². The smallest absolute Gasteiger partial charge is 0.226 e. The van der Waals surface area contributed by atoms with Crippen molar-refractivity contribution in [3.05, 3.63) is 48.5 Å². The molecule has 0 aliphatic carbocycles. The van der Waals surface area contributed by atoms with Crippen molar-refractivity contribution in [2.75, 3.05) is 11.4 Å². The normalized spacial score (nSPS) is 15.5. The Morgan fingerprint density at radius 3 is 2.40 bits per heavy atom. The average molecular weight is 355 g/mol. The van der Waals surface area contributed by atoms with Crippen LogP contribution in [0.25, 0.3) is 11.1 Å². The first-order valence-corrected chi connectivity index (χ1v) is 9.69. The molecule has 0 bridgehead atoms. The molecule has 1 N–H and O–H groups in total. The first-order chi connectivity index (χ1) is 11.9. The Morgan fingerprint density at radius 1 is 1.00 bits per heavy atom. The third-order valence-electron chi connectivity index (χ3n) is 4.17. The van der Waals surface area contributed by atoms with Gasteiger partial charge in [0.15, 0.2) is 0 Å². The standard InChI is InChI=1S/C21H26N2OS/c1-21(2,3)22-25-19-9-5-4-8-18(19)16-11-13-17(14-12-16)23-15-7-6-10-20(23)24/h4-5,8-9,11-14,22H,6-7,10,15H2,1-3H3. The van der Waals surface area contributed by atoms with Gasteiger partial charge < -0.3 is 4.90 Å². The fraction of sp³-hybridized carbons (Fsp3) is 0.381. The molecule has 4 heteroatoms. The van der Waals surface area contributed by atoms with Crippen molar-refractivity contribution in [2.45, 2.75) is 50.5 Å². The van der Waals surface area contributed by atoms with E-state index < -0.39 is 0 Å². The van der Waals surface area contributed by atoms with E-state index in [9.17, 15) is 4.79 Å². The van der Waals surface area contributed by atoms with E-state index in [0.29, 0.717) is 6.42 Å². The Labute approximate surface area is 154 Å². The van der Waals surface area contributed by atoms with Crippen LogP contribution >= 0.6 is 11.9 Å². The number of amides is 1. The lowest BCUT2D eigenvalue weighted by molar-refractivity contribution is -0.119. The Morgan fingerprint density at radius 2 is 1.72 bits per heavy atom. The van der Waals surface area contributed by atoms with Gasteiger partial charge in [0.1, 0.15) is 0 Å². The van der Waals surface area contributed by atoms with Crippen LogP contribution in [0.5, 0.6) is 0 Å². The highest BCUT2D eigenvalue weighted by molar-refractivity contribution is 7.97. The van der Waals surface area contributed by atoms with E-state index in [4.69, 9.17) is 0 Å². The molecule has 0 saturated carbocycles. The average Bonchev–Trinajstić information content (AvgIpc) is 2.60. The molecule has 1 heterocycles. The molecule has 2 aromatic rings. The summed E-state index contributed by atoms with van der Waals surface area (Å²) in [5.74, 6) is 0.240. The third-order valence-corrected chi connectivity index (χ3v) is 5.46. The largest absolute Gasteiger partial charge is 0.312 e. The van der Waals surface area contributed by atoms with Crippen LogP contribution in [0.3, 0.4) is 0 Å². The number of nitrogens with zero attached hydrogens (tertiary/aromatic N) is 1. The first-order valence-electron chi connectivity index (χ1n) is 8.88. The Kier molecular flexibility index (Phi) is 5.50. The summed E-state index contributed by atoms with van der Waals surface area (Å²) in [4.78, 5) is 15.2. The number of carbonyl (C=O) groups excluding carboxylic acids is 1. The molecule has 25 heavy (non-hydrogen) atoms. The number of rotatable bonds is 4. The van der Waals surface area contributed by atoms with Crippen molar-refractivity contribution < 1.29 is 4.79 Å². The maximum atomic E-state index is 12.1. The van der Waals surface area contributed by atoms with Crippen molar-refractivity contribution >= 4 is 23.5 Å². The van der Waals surface area contributed by atoms with Gasteiger partial charge in [0.2, 0.25) is 5.91 Å². The molecule has 1 amide bonds. The minimum Gasteiger partial charge on any atom is -0.312 e. The van der Waals surface area contributed by atoms with Gasteiger partial charge in [-0.05, 0) is 74.9 Å². The van der Waals surface area contributed by atoms with Crippen LogP contribution in [0, 0.1) is 0 Å². The summed E-state index contributed by atoms with van der Waals surface area (Å²) in [7, 11) is 0. The molecule has 132 valence electrons. The summed E-state index contributed by atoms with van der Waals surface area (Å²) in [5, 5.41) is 0. The van der Waals surface area contributed by atoms with Gasteiger partial charge >= 0.3 is 0 Å². The molecule has 0 aromatic heterocycles. The maximum absolute atomic E-state index is 12.1. The summed E-state index contributed by atoms with van der Waals surface area (Å²) in [5.41, 5.74) is 3.44. The zero-order valence-corrected chi connectivity index (χ0v) is 16.0. The van der Waals surface area contributed by atoms with Gasteiger partial charge in [-0.15, -0.1) is 0 Å². The fourth-order valence-corrected chi connectivity index (χ4v) is 3.76. The summed E-state index contributed by atoms with van der Waals surface area (Å²) in [6.45, 7) is 7.31. The summed E-state index contributed by atoms with van der Waals surface area (Å²) < 4.78 is 3.48. The molecule has 0 unspecified atom stereocenters. The monoisotopic (exact) mass is 354 g/mol. The highest BCUT2D eigenvalue weighted by Gasteiger charge is 2.19. The van der Waals surface area contributed by atoms with E-state index in [-0.39, 0.29) is 11.4 Å². The zero-order chi connectivity index (χ0) is 17.9. The van der Waals surface area contributed by atoms with Crippen LogP contribution in [-0.4, -0.2) is 18.0 Å². The molecule has 1 fully saturated rings. The van der Waals surface area contributed by atoms with E-state index in [1.807, 2.05) is 4.90 Å². The lowest BCUT2D eigenvalue weighted by atomic mass is 10.0. The van der Waals surface area contributed by atoms with Crippen LogP contribution in [-0.2, 0) is 4.79 Å². The van der Waals surface area contributed by atoms with Gasteiger partial charge in [-0.2, -0.15) is 0 Å².